The Balaban J connectivity index is 0.00000243. The Hall–Kier alpha value is -1.93. The molecule has 1 fully saturated rings. The first kappa shape index (κ1) is 20.4. The molecule has 0 amide bonds. The number of hydrogen-bond donors (Lipinski definition) is 1. The van der Waals surface area contributed by atoms with Crippen molar-refractivity contribution in [2.75, 3.05) is 20.2 Å². The number of carbonyl (C=O) groups excluding carboxylic acids is 1. The predicted octanol–water partition coefficient (Wildman–Crippen LogP) is 2.01. The van der Waals surface area contributed by atoms with E-state index in [2.05, 4.69) is 4.74 Å². The van der Waals surface area contributed by atoms with E-state index in [4.69, 9.17) is 5.73 Å². The summed E-state index contributed by atoms with van der Waals surface area (Å²) >= 11 is 0. The summed E-state index contributed by atoms with van der Waals surface area (Å²) in [4.78, 5) is 11.6. The smallest absolute Gasteiger partial charge is 0.337 e. The van der Waals surface area contributed by atoms with Crippen molar-refractivity contribution in [1.29, 1.82) is 0 Å². The molecule has 2 aromatic rings. The van der Waals surface area contributed by atoms with Gasteiger partial charge in [0.15, 0.2) is 0 Å². The lowest BCUT2D eigenvalue weighted by Gasteiger charge is -2.17. The van der Waals surface area contributed by atoms with Crippen molar-refractivity contribution in [3.63, 3.8) is 0 Å². The van der Waals surface area contributed by atoms with Crippen LogP contribution < -0.4 is 5.73 Å². The Bertz CT molecular complexity index is 857. The molecule has 0 saturated carbocycles. The molecule has 0 unspecified atom stereocenters. The van der Waals surface area contributed by atoms with Crippen LogP contribution in [0.3, 0.4) is 0 Å². The predicted molar refractivity (Wildman–Crippen MR) is 101 cm³/mol. The Morgan fingerprint density at radius 3 is 2.27 bits per heavy atom. The summed E-state index contributed by atoms with van der Waals surface area (Å²) in [5.41, 5.74) is 7.53. The Morgan fingerprint density at radius 1 is 1.08 bits per heavy atom. The molecule has 6 nitrogen and oxygen atoms in total. The van der Waals surface area contributed by atoms with Gasteiger partial charge in [-0.05, 0) is 29.8 Å². The van der Waals surface area contributed by atoms with Crippen LogP contribution in [0.4, 0.5) is 0 Å². The summed E-state index contributed by atoms with van der Waals surface area (Å²) in [6.45, 7) is 0.604. The van der Waals surface area contributed by atoms with E-state index in [1.807, 2.05) is 30.3 Å². The van der Waals surface area contributed by atoms with Crippen molar-refractivity contribution in [3.8, 4) is 0 Å². The van der Waals surface area contributed by atoms with E-state index >= 15 is 0 Å². The number of methoxy groups -OCH3 is 1. The number of sulfonamides is 1. The Kier molecular flexibility index (Phi) is 6.41. The van der Waals surface area contributed by atoms with Crippen molar-refractivity contribution in [1.82, 2.24) is 4.31 Å². The van der Waals surface area contributed by atoms with E-state index in [9.17, 15) is 13.2 Å². The second kappa shape index (κ2) is 8.18. The zero-order valence-electron chi connectivity index (χ0n) is 14.2. The Labute approximate surface area is 159 Å². The molecule has 3 rings (SSSR count). The highest BCUT2D eigenvalue weighted by atomic mass is 35.5. The van der Waals surface area contributed by atoms with Crippen molar-refractivity contribution in [2.45, 2.75) is 16.9 Å². The summed E-state index contributed by atoms with van der Waals surface area (Å²) in [5.74, 6) is -0.540. The summed E-state index contributed by atoms with van der Waals surface area (Å²) in [6.07, 6.45) is 0. The molecule has 0 radical (unpaired) electrons. The zero-order valence-corrected chi connectivity index (χ0v) is 15.9. The number of nitrogens with two attached hydrogens (primary N) is 1. The van der Waals surface area contributed by atoms with Gasteiger partial charge in [-0.15, -0.1) is 12.4 Å². The van der Waals surface area contributed by atoms with Crippen LogP contribution in [0.25, 0.3) is 0 Å². The fourth-order valence-electron chi connectivity index (χ4n) is 3.07. The third-order valence-electron chi connectivity index (χ3n) is 4.47. The normalized spacial score (nSPS) is 20.4. The first-order valence-corrected chi connectivity index (χ1v) is 9.36. The number of hydrogen-bond acceptors (Lipinski definition) is 5. The molecule has 1 saturated heterocycles. The molecule has 8 heteroatoms. The van der Waals surface area contributed by atoms with Crippen molar-refractivity contribution < 1.29 is 17.9 Å². The third kappa shape index (κ3) is 3.91. The quantitative estimate of drug-likeness (QED) is 0.798. The zero-order chi connectivity index (χ0) is 18.0. The number of rotatable bonds is 4. The molecule has 1 aliphatic rings. The average Bonchev–Trinajstić information content (AvgIpc) is 3.04. The topological polar surface area (TPSA) is 89.7 Å². The summed E-state index contributed by atoms with van der Waals surface area (Å²) in [6, 6.07) is 15.2. The number of ether oxygens (including phenoxy) is 1. The lowest BCUT2D eigenvalue weighted by atomic mass is 9.95. The average molecular weight is 397 g/mol. The highest BCUT2D eigenvalue weighted by Crippen LogP contribution is 2.30. The minimum absolute atomic E-state index is 0. The van der Waals surface area contributed by atoms with Crippen molar-refractivity contribution in [3.05, 3.63) is 65.7 Å². The molecule has 0 bridgehead atoms. The molecule has 0 aromatic heterocycles. The van der Waals surface area contributed by atoms with Gasteiger partial charge < -0.3 is 10.5 Å². The second-order valence-corrected chi connectivity index (χ2v) is 7.96. The standard InChI is InChI=1S/C18H20N2O4S.ClH/c1-24-18(21)14-7-9-15(10-8-14)25(22,23)20-11-16(17(19)12-20)13-5-3-2-4-6-13;/h2-10,16-17H,11-12,19H2,1H3;1H/t16-,17+;/m0./s1. The number of nitrogens with zero attached hydrogens (tertiary/aromatic N) is 1. The van der Waals surface area contributed by atoms with Crippen molar-refractivity contribution >= 4 is 28.4 Å². The molecular formula is C18H21ClN2O4S. The van der Waals surface area contributed by atoms with Crippen LogP contribution in [-0.2, 0) is 14.8 Å². The van der Waals surface area contributed by atoms with Crippen LogP contribution in [0, 0.1) is 0 Å². The van der Waals surface area contributed by atoms with Gasteiger partial charge in [0.05, 0.1) is 17.6 Å². The van der Waals surface area contributed by atoms with Crippen LogP contribution in [0.5, 0.6) is 0 Å². The van der Waals surface area contributed by atoms with Gasteiger partial charge in [-0.2, -0.15) is 4.31 Å². The maximum Gasteiger partial charge on any atom is 0.337 e. The van der Waals surface area contributed by atoms with E-state index in [1.165, 1.54) is 35.7 Å². The highest BCUT2D eigenvalue weighted by Gasteiger charge is 2.38. The van der Waals surface area contributed by atoms with Gasteiger partial charge in [-0.3, -0.25) is 0 Å². The molecule has 2 atom stereocenters. The van der Waals surface area contributed by atoms with Gasteiger partial charge in [0.25, 0.3) is 0 Å². The van der Waals surface area contributed by atoms with Crippen LogP contribution in [-0.4, -0.2) is 44.9 Å². The van der Waals surface area contributed by atoms with Gasteiger partial charge in [0.1, 0.15) is 0 Å². The Morgan fingerprint density at radius 2 is 1.69 bits per heavy atom. The van der Waals surface area contributed by atoms with Gasteiger partial charge in [0.2, 0.25) is 10.0 Å². The molecule has 1 heterocycles. The minimum Gasteiger partial charge on any atom is -0.465 e. The summed E-state index contributed by atoms with van der Waals surface area (Å²) < 4.78 is 31.8. The fourth-order valence-corrected chi connectivity index (χ4v) is 4.57. The molecule has 0 aliphatic carbocycles. The molecule has 2 aromatic carbocycles. The number of benzene rings is 2. The van der Waals surface area contributed by atoms with E-state index < -0.39 is 16.0 Å². The molecule has 2 N–H and O–H groups in total. The molecule has 140 valence electrons. The van der Waals surface area contributed by atoms with Gasteiger partial charge in [0, 0.05) is 25.0 Å². The first-order chi connectivity index (χ1) is 11.9. The number of halogens is 1. The maximum atomic E-state index is 12.9. The van der Waals surface area contributed by atoms with Crippen molar-refractivity contribution in [2.24, 2.45) is 5.73 Å². The van der Waals surface area contributed by atoms with Gasteiger partial charge in [-0.25, -0.2) is 13.2 Å². The maximum absolute atomic E-state index is 12.9. The molecule has 0 spiro atoms. The SMILES string of the molecule is COC(=O)c1ccc(S(=O)(=O)N2C[C@@H](N)[C@H](c3ccccc3)C2)cc1.Cl. The van der Waals surface area contributed by atoms with E-state index in [0.29, 0.717) is 12.1 Å². The number of carbonyl (C=O) groups is 1. The highest BCUT2D eigenvalue weighted by molar-refractivity contribution is 7.89. The first-order valence-electron chi connectivity index (χ1n) is 7.92. The largest absolute Gasteiger partial charge is 0.465 e. The number of esters is 1. The monoisotopic (exact) mass is 396 g/mol. The van der Waals surface area contributed by atoms with E-state index in [-0.39, 0.29) is 35.8 Å². The molecule has 26 heavy (non-hydrogen) atoms. The summed E-state index contributed by atoms with van der Waals surface area (Å²) in [7, 11) is -2.38. The minimum atomic E-state index is -3.66. The third-order valence-corrected chi connectivity index (χ3v) is 6.32. The molecular weight excluding hydrogens is 376 g/mol. The van der Waals surface area contributed by atoms with E-state index in [1.54, 1.807) is 0 Å². The fraction of sp³-hybridized carbons (Fsp3) is 0.278. The summed E-state index contributed by atoms with van der Waals surface area (Å²) in [5, 5.41) is 0. The van der Waals surface area contributed by atoms with Crippen LogP contribution >= 0.6 is 12.4 Å². The molecule has 1 aliphatic heterocycles. The second-order valence-electron chi connectivity index (χ2n) is 6.02. The van der Waals surface area contributed by atoms with E-state index in [0.717, 1.165) is 5.56 Å². The lowest BCUT2D eigenvalue weighted by Crippen LogP contribution is -2.32. The van der Waals surface area contributed by atoms with Gasteiger partial charge >= 0.3 is 5.97 Å². The van der Waals surface area contributed by atoms with Gasteiger partial charge in [-0.1, -0.05) is 30.3 Å². The lowest BCUT2D eigenvalue weighted by molar-refractivity contribution is 0.0600. The van der Waals surface area contributed by atoms with Crippen LogP contribution in [0.1, 0.15) is 21.8 Å². The van der Waals surface area contributed by atoms with Crippen LogP contribution in [0.15, 0.2) is 59.5 Å². The van der Waals surface area contributed by atoms with Crippen LogP contribution in [0.2, 0.25) is 0 Å².